The van der Waals surface area contributed by atoms with E-state index in [4.69, 9.17) is 10.8 Å². The van der Waals surface area contributed by atoms with E-state index >= 15 is 0 Å². The summed E-state index contributed by atoms with van der Waals surface area (Å²) >= 11 is 0. The Bertz CT molecular complexity index is 933. The van der Waals surface area contributed by atoms with Gasteiger partial charge in [0.05, 0.1) is 12.5 Å². The molecular weight excluding hydrogens is 472 g/mol. The van der Waals surface area contributed by atoms with E-state index in [0.29, 0.717) is 5.56 Å². The molecule has 0 radical (unpaired) electrons. The number of phenols is 1. The monoisotopic (exact) mass is 508 g/mol. The third-order valence-electron chi connectivity index (χ3n) is 5.31. The van der Waals surface area contributed by atoms with Crippen LogP contribution in [0.1, 0.15) is 46.1 Å². The molecule has 4 unspecified atom stereocenters. The molecule has 0 bridgehead atoms. The summed E-state index contributed by atoms with van der Waals surface area (Å²) in [6.07, 6.45) is -0.479. The first kappa shape index (κ1) is 30.4. The van der Waals surface area contributed by atoms with Crippen LogP contribution in [0.15, 0.2) is 24.3 Å². The largest absolute Gasteiger partial charge is 0.508 e. The Balaban J connectivity index is 3.13. The molecule has 4 atom stereocenters. The second kappa shape index (κ2) is 14.0. The van der Waals surface area contributed by atoms with Crippen molar-refractivity contribution in [2.24, 2.45) is 17.6 Å². The number of hydrogen-bond acceptors (Lipinski definition) is 7. The van der Waals surface area contributed by atoms with Gasteiger partial charge in [-0.05, 0) is 36.0 Å². The zero-order valence-corrected chi connectivity index (χ0v) is 20.9. The number of benzene rings is 1. The minimum Gasteiger partial charge on any atom is -0.508 e. The lowest BCUT2D eigenvalue weighted by Gasteiger charge is -2.27. The Labute approximate surface area is 209 Å². The van der Waals surface area contributed by atoms with Gasteiger partial charge < -0.3 is 37.0 Å². The number of aliphatic carboxylic acids is 2. The molecule has 0 spiro atoms. The summed E-state index contributed by atoms with van der Waals surface area (Å²) in [5.41, 5.74) is 6.17. The molecule has 3 amide bonds. The molecule has 36 heavy (non-hydrogen) atoms. The highest BCUT2D eigenvalue weighted by molar-refractivity contribution is 5.95. The van der Waals surface area contributed by atoms with E-state index < -0.39 is 66.2 Å². The fourth-order valence-electron chi connectivity index (χ4n) is 3.38. The molecule has 0 saturated carbocycles. The van der Waals surface area contributed by atoms with E-state index in [-0.39, 0.29) is 24.5 Å². The maximum absolute atomic E-state index is 13.1. The first-order chi connectivity index (χ1) is 16.7. The summed E-state index contributed by atoms with van der Waals surface area (Å²) in [5.74, 6) is -5.25. The molecule has 1 rings (SSSR count). The van der Waals surface area contributed by atoms with Crippen molar-refractivity contribution in [2.75, 3.05) is 0 Å². The number of carbonyl (C=O) groups is 5. The Morgan fingerprint density at radius 3 is 1.86 bits per heavy atom. The van der Waals surface area contributed by atoms with Gasteiger partial charge in [-0.1, -0.05) is 39.8 Å². The van der Waals surface area contributed by atoms with Crippen molar-refractivity contribution >= 4 is 29.7 Å². The molecule has 0 heterocycles. The Morgan fingerprint density at radius 2 is 1.39 bits per heavy atom. The van der Waals surface area contributed by atoms with Crippen LogP contribution in [0.2, 0.25) is 0 Å². The first-order valence-corrected chi connectivity index (χ1v) is 11.6. The highest BCUT2D eigenvalue weighted by Crippen LogP contribution is 2.13. The van der Waals surface area contributed by atoms with E-state index in [1.807, 2.05) is 13.8 Å². The minimum absolute atomic E-state index is 0.00643. The average molecular weight is 509 g/mol. The Morgan fingerprint density at radius 1 is 0.833 bits per heavy atom. The zero-order valence-electron chi connectivity index (χ0n) is 20.9. The quantitative estimate of drug-likeness (QED) is 0.180. The van der Waals surface area contributed by atoms with E-state index in [1.54, 1.807) is 26.0 Å². The smallest absolute Gasteiger partial charge is 0.326 e. The number of carbonyl (C=O) groups excluding carboxylic acids is 3. The van der Waals surface area contributed by atoms with E-state index in [9.17, 15) is 34.2 Å². The molecule has 1 aromatic rings. The van der Waals surface area contributed by atoms with Gasteiger partial charge in [0.2, 0.25) is 17.7 Å². The summed E-state index contributed by atoms with van der Waals surface area (Å²) in [6, 6.07) is 1.03. The number of hydrogen-bond donors (Lipinski definition) is 7. The van der Waals surface area contributed by atoms with Crippen LogP contribution in [-0.4, -0.2) is 69.1 Å². The zero-order chi connectivity index (χ0) is 27.6. The summed E-state index contributed by atoms with van der Waals surface area (Å²) in [7, 11) is 0. The van der Waals surface area contributed by atoms with Crippen LogP contribution in [0.25, 0.3) is 0 Å². The van der Waals surface area contributed by atoms with Gasteiger partial charge in [0.15, 0.2) is 0 Å². The summed E-state index contributed by atoms with van der Waals surface area (Å²) < 4.78 is 0. The van der Waals surface area contributed by atoms with Crippen molar-refractivity contribution in [3.05, 3.63) is 29.8 Å². The van der Waals surface area contributed by atoms with Crippen LogP contribution in [0.3, 0.4) is 0 Å². The second-order valence-electron chi connectivity index (χ2n) is 9.40. The average Bonchev–Trinajstić information content (AvgIpc) is 2.76. The van der Waals surface area contributed by atoms with Crippen LogP contribution >= 0.6 is 0 Å². The predicted molar refractivity (Wildman–Crippen MR) is 130 cm³/mol. The topological polar surface area (TPSA) is 208 Å². The fourth-order valence-corrected chi connectivity index (χ4v) is 3.38. The van der Waals surface area contributed by atoms with Crippen molar-refractivity contribution in [1.82, 2.24) is 16.0 Å². The third kappa shape index (κ3) is 10.3. The van der Waals surface area contributed by atoms with Crippen molar-refractivity contribution in [2.45, 2.75) is 71.1 Å². The van der Waals surface area contributed by atoms with Gasteiger partial charge in [0.25, 0.3) is 0 Å². The van der Waals surface area contributed by atoms with Crippen molar-refractivity contribution < 1.29 is 39.3 Å². The van der Waals surface area contributed by atoms with E-state index in [0.717, 1.165) is 0 Å². The van der Waals surface area contributed by atoms with Crippen molar-refractivity contribution in [3.63, 3.8) is 0 Å². The van der Waals surface area contributed by atoms with Gasteiger partial charge in [-0.15, -0.1) is 0 Å². The highest BCUT2D eigenvalue weighted by Gasteiger charge is 2.32. The standard InChI is InChI=1S/C24H36N4O8/c1-12(2)9-18(24(35)36)27-22(33)17(10-14-5-7-15(29)8-6-14)26-23(34)20(13(3)4)28-21(32)16(25)11-19(30)31/h5-8,12-13,16-18,20,29H,9-11,25H2,1-4H3,(H,26,34)(H,27,33)(H,28,32)(H,30,31)(H,35,36). The molecule has 0 aliphatic carbocycles. The van der Waals surface area contributed by atoms with Crippen LogP contribution in [-0.2, 0) is 30.4 Å². The SMILES string of the molecule is CC(C)CC(NC(=O)C(Cc1ccc(O)cc1)NC(=O)C(NC(=O)C(N)CC(=O)O)C(C)C)C(=O)O. The highest BCUT2D eigenvalue weighted by atomic mass is 16.4. The number of rotatable bonds is 14. The third-order valence-corrected chi connectivity index (χ3v) is 5.31. The van der Waals surface area contributed by atoms with Gasteiger partial charge in [-0.3, -0.25) is 19.2 Å². The lowest BCUT2D eigenvalue weighted by Crippen LogP contribution is -2.59. The minimum atomic E-state index is -1.37. The molecule has 0 aliphatic heterocycles. The van der Waals surface area contributed by atoms with Crippen molar-refractivity contribution in [3.8, 4) is 5.75 Å². The molecule has 8 N–H and O–H groups in total. The first-order valence-electron chi connectivity index (χ1n) is 11.6. The van der Waals surface area contributed by atoms with Crippen LogP contribution in [0.4, 0.5) is 0 Å². The number of carboxylic acids is 2. The van der Waals surface area contributed by atoms with E-state index in [2.05, 4.69) is 16.0 Å². The normalized spacial score (nSPS) is 14.4. The number of amides is 3. The number of aromatic hydroxyl groups is 1. The molecule has 12 heteroatoms. The summed E-state index contributed by atoms with van der Waals surface area (Å²) in [6.45, 7) is 6.91. The number of phenolic OH excluding ortho intramolecular Hbond substituents is 1. The lowest BCUT2D eigenvalue weighted by atomic mass is 9.99. The molecule has 0 aliphatic rings. The molecule has 200 valence electrons. The maximum atomic E-state index is 13.1. The van der Waals surface area contributed by atoms with Gasteiger partial charge >= 0.3 is 11.9 Å². The summed E-state index contributed by atoms with van der Waals surface area (Å²) in [5, 5.41) is 35.3. The lowest BCUT2D eigenvalue weighted by molar-refractivity contribution is -0.142. The van der Waals surface area contributed by atoms with Crippen LogP contribution in [0, 0.1) is 11.8 Å². The number of nitrogens with two attached hydrogens (primary N) is 1. The molecule has 1 aromatic carbocycles. The van der Waals surface area contributed by atoms with Gasteiger partial charge in [-0.25, -0.2) is 4.79 Å². The summed E-state index contributed by atoms with van der Waals surface area (Å²) in [4.78, 5) is 61.0. The van der Waals surface area contributed by atoms with Crippen LogP contribution in [0.5, 0.6) is 5.75 Å². The molecule has 12 nitrogen and oxygen atoms in total. The van der Waals surface area contributed by atoms with E-state index in [1.165, 1.54) is 12.1 Å². The van der Waals surface area contributed by atoms with Crippen LogP contribution < -0.4 is 21.7 Å². The van der Waals surface area contributed by atoms with Gasteiger partial charge in [0, 0.05) is 6.42 Å². The van der Waals surface area contributed by atoms with Gasteiger partial charge in [-0.2, -0.15) is 0 Å². The predicted octanol–water partition coefficient (Wildman–Crippen LogP) is -0.0222. The molecule has 0 saturated heterocycles. The molecule has 0 aromatic heterocycles. The maximum Gasteiger partial charge on any atom is 0.326 e. The number of carboxylic acid groups (broad SMARTS) is 2. The Kier molecular flexibility index (Phi) is 11.8. The Hall–Kier alpha value is -3.67. The fraction of sp³-hybridized carbons (Fsp3) is 0.542. The molecular formula is C24H36N4O8. The second-order valence-corrected chi connectivity index (χ2v) is 9.40. The molecule has 0 fully saturated rings. The van der Waals surface area contributed by atoms with Gasteiger partial charge in [0.1, 0.15) is 23.9 Å². The van der Waals surface area contributed by atoms with Crippen molar-refractivity contribution in [1.29, 1.82) is 0 Å². The number of nitrogens with one attached hydrogen (secondary N) is 3.